The Morgan fingerprint density at radius 3 is 2.39 bits per heavy atom. The Labute approximate surface area is 195 Å². The topological polar surface area (TPSA) is 74.6 Å². The summed E-state index contributed by atoms with van der Waals surface area (Å²) in [5, 5.41) is 3.02. The van der Waals surface area contributed by atoms with Crippen LogP contribution in [0.5, 0.6) is 17.2 Å². The van der Waals surface area contributed by atoms with Crippen LogP contribution < -0.4 is 19.5 Å². The van der Waals surface area contributed by atoms with Gasteiger partial charge in [-0.25, -0.2) is 4.98 Å². The summed E-state index contributed by atoms with van der Waals surface area (Å²) in [4.78, 5) is 17.8. The second kappa shape index (κ2) is 10.6. The first-order valence-electron chi connectivity index (χ1n) is 11.7. The maximum Gasteiger partial charge on any atom is 0.251 e. The van der Waals surface area contributed by atoms with Crippen LogP contribution in [0.2, 0.25) is 0 Å². The summed E-state index contributed by atoms with van der Waals surface area (Å²) in [5.41, 5.74) is 2.51. The quantitative estimate of drug-likeness (QED) is 0.498. The Morgan fingerprint density at radius 1 is 1.03 bits per heavy atom. The lowest BCUT2D eigenvalue weighted by Crippen LogP contribution is -2.25. The number of benzene rings is 2. The van der Waals surface area contributed by atoms with E-state index in [0.717, 1.165) is 35.7 Å². The summed E-state index contributed by atoms with van der Waals surface area (Å²) in [7, 11) is 4.61. The third-order valence-electron chi connectivity index (χ3n) is 6.55. The first-order valence-corrected chi connectivity index (χ1v) is 11.7. The Hall–Kier alpha value is -3.22. The molecule has 4 rings (SSSR count). The first kappa shape index (κ1) is 23.0. The van der Waals surface area contributed by atoms with E-state index in [2.05, 4.69) is 16.0 Å². The van der Waals surface area contributed by atoms with Gasteiger partial charge in [-0.2, -0.15) is 0 Å². The van der Waals surface area contributed by atoms with E-state index in [9.17, 15) is 4.79 Å². The summed E-state index contributed by atoms with van der Waals surface area (Å²) < 4.78 is 18.4. The van der Waals surface area contributed by atoms with Crippen molar-refractivity contribution in [2.75, 3.05) is 21.3 Å². The average molecular weight is 452 g/mol. The van der Waals surface area contributed by atoms with Gasteiger partial charge in [-0.15, -0.1) is 0 Å². The van der Waals surface area contributed by atoms with Crippen molar-refractivity contribution in [1.29, 1.82) is 0 Å². The molecule has 0 bridgehead atoms. The summed E-state index contributed by atoms with van der Waals surface area (Å²) in [6.45, 7) is 1.26. The fraction of sp³-hybridized carbons (Fsp3) is 0.462. The molecule has 0 aliphatic heterocycles. The van der Waals surface area contributed by atoms with Crippen LogP contribution in [-0.4, -0.2) is 36.8 Å². The van der Waals surface area contributed by atoms with Gasteiger partial charge in [0.05, 0.1) is 38.9 Å². The molecule has 0 spiro atoms. The molecule has 0 radical (unpaired) electrons. The highest BCUT2D eigenvalue weighted by Crippen LogP contribution is 2.38. The van der Waals surface area contributed by atoms with Gasteiger partial charge in [0.1, 0.15) is 5.82 Å². The largest absolute Gasteiger partial charge is 0.493 e. The molecular formula is C26H33N3O4. The molecule has 2 aromatic carbocycles. The third-order valence-corrected chi connectivity index (χ3v) is 6.55. The van der Waals surface area contributed by atoms with Crippen LogP contribution in [0.4, 0.5) is 0 Å². The van der Waals surface area contributed by atoms with Gasteiger partial charge < -0.3 is 24.1 Å². The molecule has 1 saturated carbocycles. The van der Waals surface area contributed by atoms with Crippen molar-refractivity contribution in [2.45, 2.75) is 51.6 Å². The number of methoxy groups -OCH3 is 3. The second-order valence-electron chi connectivity index (χ2n) is 8.56. The molecule has 1 amide bonds. The Morgan fingerprint density at radius 2 is 1.73 bits per heavy atom. The van der Waals surface area contributed by atoms with Crippen molar-refractivity contribution in [3.63, 3.8) is 0 Å². The fourth-order valence-corrected chi connectivity index (χ4v) is 4.77. The smallest absolute Gasteiger partial charge is 0.251 e. The number of nitrogens with zero attached hydrogens (tertiary/aromatic N) is 2. The number of nitrogens with one attached hydrogen (secondary N) is 1. The van der Waals surface area contributed by atoms with Crippen molar-refractivity contribution in [3.05, 3.63) is 47.8 Å². The summed E-state index contributed by atoms with van der Waals surface area (Å²) in [6.07, 6.45) is 7.83. The number of fused-ring (bicyclic) bond motifs is 1. The SMILES string of the molecule is COc1cc(C(=O)NCc2nc3ccccc3n2CCC2CCCCC2)cc(OC)c1OC. The zero-order chi connectivity index (χ0) is 23.2. The molecule has 0 unspecified atom stereocenters. The standard InChI is InChI=1S/C26H33N3O4/c1-31-22-15-19(16-23(32-2)25(22)33-3)26(30)27-17-24-28-20-11-7-8-12-21(20)29(24)14-13-18-9-5-4-6-10-18/h7-8,11-12,15-16,18H,4-6,9-10,13-14,17H2,1-3H3,(H,27,30). The summed E-state index contributed by atoms with van der Waals surface area (Å²) >= 11 is 0. The molecule has 1 N–H and O–H groups in total. The minimum absolute atomic E-state index is 0.222. The number of hydrogen-bond donors (Lipinski definition) is 1. The highest BCUT2D eigenvalue weighted by atomic mass is 16.5. The van der Waals surface area contributed by atoms with Crippen molar-refractivity contribution in [1.82, 2.24) is 14.9 Å². The van der Waals surface area contributed by atoms with Gasteiger partial charge in [-0.3, -0.25) is 4.79 Å². The zero-order valence-corrected chi connectivity index (χ0v) is 19.7. The predicted octanol–water partition coefficient (Wildman–Crippen LogP) is 4.96. The predicted molar refractivity (Wildman–Crippen MR) is 128 cm³/mol. The summed E-state index contributed by atoms with van der Waals surface area (Å²) in [6, 6.07) is 11.5. The van der Waals surface area contributed by atoms with Gasteiger partial charge >= 0.3 is 0 Å². The van der Waals surface area contributed by atoms with Gasteiger partial charge in [0.2, 0.25) is 5.75 Å². The third kappa shape index (κ3) is 5.07. The van der Waals surface area contributed by atoms with E-state index in [1.807, 2.05) is 18.2 Å². The molecule has 1 aliphatic carbocycles. The maximum atomic E-state index is 13.0. The maximum absolute atomic E-state index is 13.0. The highest BCUT2D eigenvalue weighted by Gasteiger charge is 2.19. The van der Waals surface area contributed by atoms with Gasteiger partial charge in [0, 0.05) is 12.1 Å². The molecule has 3 aromatic rings. The van der Waals surface area contributed by atoms with E-state index in [0.29, 0.717) is 29.4 Å². The van der Waals surface area contributed by atoms with Gasteiger partial charge in [-0.05, 0) is 36.6 Å². The minimum atomic E-state index is -0.222. The number of hydrogen-bond acceptors (Lipinski definition) is 5. The van der Waals surface area contributed by atoms with Crippen LogP contribution in [0.25, 0.3) is 11.0 Å². The monoisotopic (exact) mass is 451 g/mol. The van der Waals surface area contributed by atoms with E-state index in [4.69, 9.17) is 19.2 Å². The van der Waals surface area contributed by atoms with E-state index < -0.39 is 0 Å². The van der Waals surface area contributed by atoms with Crippen LogP contribution >= 0.6 is 0 Å². The molecule has 7 heteroatoms. The number of aromatic nitrogens is 2. The molecule has 0 saturated heterocycles. The highest BCUT2D eigenvalue weighted by molar-refractivity contribution is 5.95. The van der Waals surface area contributed by atoms with Crippen molar-refractivity contribution in [3.8, 4) is 17.2 Å². The Kier molecular flexibility index (Phi) is 7.37. The van der Waals surface area contributed by atoms with Crippen molar-refractivity contribution >= 4 is 16.9 Å². The van der Waals surface area contributed by atoms with Crippen LogP contribution in [0.1, 0.15) is 54.7 Å². The molecular weight excluding hydrogens is 418 g/mol. The van der Waals surface area contributed by atoms with Gasteiger partial charge in [0.25, 0.3) is 5.91 Å². The number of para-hydroxylation sites is 2. The number of carbonyl (C=O) groups excluding carboxylic acids is 1. The second-order valence-corrected chi connectivity index (χ2v) is 8.56. The van der Waals surface area contributed by atoms with Crippen LogP contribution in [0.15, 0.2) is 36.4 Å². The van der Waals surface area contributed by atoms with Crippen LogP contribution in [-0.2, 0) is 13.1 Å². The van der Waals surface area contributed by atoms with E-state index in [1.54, 1.807) is 12.1 Å². The lowest BCUT2D eigenvalue weighted by Gasteiger charge is -2.22. The van der Waals surface area contributed by atoms with Crippen LogP contribution in [0, 0.1) is 5.92 Å². The number of ether oxygens (including phenoxy) is 3. The number of imidazole rings is 1. The number of amides is 1. The molecule has 1 fully saturated rings. The van der Waals surface area contributed by atoms with Crippen molar-refractivity contribution in [2.24, 2.45) is 5.92 Å². The average Bonchev–Trinajstić information content (AvgIpc) is 3.22. The normalized spacial score (nSPS) is 14.3. The number of carbonyl (C=O) groups is 1. The molecule has 176 valence electrons. The molecule has 1 aliphatic rings. The Balaban J connectivity index is 1.52. The molecule has 1 aromatic heterocycles. The van der Waals surface area contributed by atoms with Crippen molar-refractivity contribution < 1.29 is 19.0 Å². The Bertz CT molecular complexity index is 1080. The zero-order valence-electron chi connectivity index (χ0n) is 19.7. The van der Waals surface area contributed by atoms with E-state index >= 15 is 0 Å². The number of rotatable bonds is 9. The first-order chi connectivity index (χ1) is 16.1. The molecule has 1 heterocycles. The van der Waals surface area contributed by atoms with E-state index in [-0.39, 0.29) is 5.91 Å². The number of aryl methyl sites for hydroxylation is 1. The summed E-state index contributed by atoms with van der Waals surface area (Å²) in [5.74, 6) is 2.78. The lowest BCUT2D eigenvalue weighted by atomic mass is 9.87. The molecule has 33 heavy (non-hydrogen) atoms. The van der Waals surface area contributed by atoms with Gasteiger partial charge in [0.15, 0.2) is 11.5 Å². The van der Waals surface area contributed by atoms with Gasteiger partial charge in [-0.1, -0.05) is 44.2 Å². The lowest BCUT2D eigenvalue weighted by molar-refractivity contribution is 0.0948. The van der Waals surface area contributed by atoms with E-state index in [1.165, 1.54) is 53.4 Å². The molecule has 0 atom stereocenters. The van der Waals surface area contributed by atoms with Crippen LogP contribution in [0.3, 0.4) is 0 Å². The minimum Gasteiger partial charge on any atom is -0.493 e. The fourth-order valence-electron chi connectivity index (χ4n) is 4.77. The molecule has 7 nitrogen and oxygen atoms in total.